The molecule has 1 N–H and O–H groups in total. The van der Waals surface area contributed by atoms with E-state index in [4.69, 9.17) is 14.2 Å². The van der Waals surface area contributed by atoms with Crippen molar-refractivity contribution < 1.29 is 28.9 Å². The number of carbonyl (C=O) groups excluding carboxylic acids is 2. The summed E-state index contributed by atoms with van der Waals surface area (Å²) in [6.45, 7) is 1.60. The molecule has 57 heavy (non-hydrogen) atoms. The number of ether oxygens (including phenoxy) is 3. The second-order valence-corrected chi connectivity index (χ2v) is 17.5. The number of hydrogen-bond donors (Lipinski definition) is 1. The van der Waals surface area contributed by atoms with Gasteiger partial charge in [-0.25, -0.2) is 0 Å². The van der Waals surface area contributed by atoms with Gasteiger partial charge >= 0.3 is 0 Å². The van der Waals surface area contributed by atoms with Gasteiger partial charge < -0.3 is 19.3 Å². The number of methoxy groups -OCH3 is 3. The van der Waals surface area contributed by atoms with E-state index in [1.54, 1.807) is 31.1 Å². The monoisotopic (exact) mass is 886 g/mol. The summed E-state index contributed by atoms with van der Waals surface area (Å²) in [6, 6.07) is 21.6. The van der Waals surface area contributed by atoms with Gasteiger partial charge in [-0.2, -0.15) is 0 Å². The predicted octanol–water partition coefficient (Wildman–Crippen LogP) is 9.01. The molecule has 0 aromatic heterocycles. The Morgan fingerprint density at radius 1 is 0.544 bits per heavy atom. The average molecular weight is 889 g/mol. The summed E-state index contributed by atoms with van der Waals surface area (Å²) in [5.41, 5.74) is 13.8. The van der Waals surface area contributed by atoms with Crippen molar-refractivity contribution in [2.75, 3.05) is 47.8 Å². The molecule has 288 valence electrons. The molecule has 0 radical (unpaired) electrons. The van der Waals surface area contributed by atoms with Gasteiger partial charge in [0.05, 0.1) is 22.5 Å². The lowest BCUT2D eigenvalue weighted by Crippen LogP contribution is -2.30. The molecule has 8 nitrogen and oxygen atoms in total. The van der Waals surface area contributed by atoms with Crippen molar-refractivity contribution in [1.29, 1.82) is 0 Å². The van der Waals surface area contributed by atoms with Crippen LogP contribution in [-0.4, -0.2) is 74.5 Å². The first-order valence-corrected chi connectivity index (χ1v) is 20.9. The van der Waals surface area contributed by atoms with Crippen molar-refractivity contribution in [2.45, 2.75) is 36.5 Å². The van der Waals surface area contributed by atoms with E-state index < -0.39 is 10.8 Å². The van der Waals surface area contributed by atoms with Gasteiger partial charge in [0.1, 0.15) is 0 Å². The number of aliphatic hydroxyl groups excluding tert-OH is 1. The van der Waals surface area contributed by atoms with Crippen LogP contribution in [0.5, 0.6) is 0 Å². The molecular weight excluding hydrogens is 848 g/mol. The van der Waals surface area contributed by atoms with E-state index in [-0.39, 0.29) is 18.4 Å². The van der Waals surface area contributed by atoms with Crippen molar-refractivity contribution in [1.82, 2.24) is 9.80 Å². The Bertz CT molecular complexity index is 2600. The maximum atomic E-state index is 14.8. The molecule has 4 aliphatic heterocycles. The molecule has 6 aliphatic rings. The molecule has 1 unspecified atom stereocenters. The molecule has 10 heteroatoms. The molecule has 0 fully saturated rings. The van der Waals surface area contributed by atoms with Crippen LogP contribution in [-0.2, 0) is 34.6 Å². The summed E-state index contributed by atoms with van der Waals surface area (Å²) < 4.78 is 19.0. The van der Waals surface area contributed by atoms with E-state index in [2.05, 4.69) is 92.5 Å². The zero-order valence-electron chi connectivity index (χ0n) is 31.9. The fraction of sp³-hybridized carbons (Fsp3) is 0.277. The van der Waals surface area contributed by atoms with Gasteiger partial charge in [-0.05, 0) is 142 Å². The molecule has 10 rings (SSSR count). The molecule has 0 saturated heterocycles. The van der Waals surface area contributed by atoms with Crippen molar-refractivity contribution in [3.05, 3.63) is 138 Å². The number of carbonyl (C=O) groups is 2. The normalized spacial score (nSPS) is 19.8. The minimum Gasteiger partial charge on any atom is -0.396 e. The zero-order chi connectivity index (χ0) is 39.4. The third-order valence-electron chi connectivity index (χ3n) is 13.1. The van der Waals surface area contributed by atoms with E-state index in [0.29, 0.717) is 55.2 Å². The fourth-order valence-corrected chi connectivity index (χ4v) is 11.3. The fourth-order valence-electron chi connectivity index (χ4n) is 10.5. The number of amides is 2. The summed E-state index contributed by atoms with van der Waals surface area (Å²) in [6.07, 6.45) is 10.2. The Morgan fingerprint density at radius 2 is 0.947 bits per heavy atom. The summed E-state index contributed by atoms with van der Waals surface area (Å²) in [5, 5.41) is 10.5. The Labute approximate surface area is 348 Å². The van der Waals surface area contributed by atoms with E-state index in [9.17, 15) is 14.7 Å². The number of hydrogen-bond acceptors (Lipinski definition) is 6. The SMILES string of the molecule is COCCC1(CCO)c2cc(Br)ccc2-c2cc3c(cc21)C1=C2C(=O)N4C=Cc5cc6c(cc5C4=C2C(=O)N1C=C3)C(CCOC)(CCOC)c1cc(Br)ccc1-6. The molecule has 4 aromatic rings. The summed E-state index contributed by atoms with van der Waals surface area (Å²) in [7, 11) is 5.16. The molecule has 4 aromatic carbocycles. The average Bonchev–Trinajstić information content (AvgIpc) is 3.86. The smallest absolute Gasteiger partial charge is 0.265 e. The third-order valence-corrected chi connectivity index (χ3v) is 14.1. The number of halogens is 2. The van der Waals surface area contributed by atoms with Crippen LogP contribution >= 0.6 is 31.9 Å². The minimum atomic E-state index is -0.528. The van der Waals surface area contributed by atoms with Crippen molar-refractivity contribution >= 4 is 67.2 Å². The summed E-state index contributed by atoms with van der Waals surface area (Å²) in [4.78, 5) is 32.9. The van der Waals surface area contributed by atoms with Gasteiger partial charge in [0.2, 0.25) is 0 Å². The molecule has 1 atom stereocenters. The lowest BCUT2D eigenvalue weighted by atomic mass is 9.72. The van der Waals surface area contributed by atoms with E-state index in [0.717, 1.165) is 77.4 Å². The first-order chi connectivity index (χ1) is 27.7. The highest BCUT2D eigenvalue weighted by Crippen LogP contribution is 2.59. The van der Waals surface area contributed by atoms with Crippen LogP contribution in [0.1, 0.15) is 70.2 Å². The molecule has 4 heterocycles. The molecule has 0 spiro atoms. The van der Waals surface area contributed by atoms with Crippen LogP contribution in [0.15, 0.2) is 93.2 Å². The molecular formula is C47H40Br2N2O6. The van der Waals surface area contributed by atoms with Crippen LogP contribution < -0.4 is 0 Å². The van der Waals surface area contributed by atoms with Crippen molar-refractivity contribution in [3.8, 4) is 22.3 Å². The maximum absolute atomic E-state index is 14.8. The van der Waals surface area contributed by atoms with Crippen LogP contribution in [0.3, 0.4) is 0 Å². The molecule has 2 amide bonds. The Morgan fingerprint density at radius 3 is 1.35 bits per heavy atom. The van der Waals surface area contributed by atoms with Gasteiger partial charge in [-0.15, -0.1) is 0 Å². The molecule has 0 saturated carbocycles. The van der Waals surface area contributed by atoms with Crippen molar-refractivity contribution in [3.63, 3.8) is 0 Å². The van der Waals surface area contributed by atoms with Gasteiger partial charge in [0.25, 0.3) is 11.8 Å². The van der Waals surface area contributed by atoms with Crippen LogP contribution in [0.4, 0.5) is 0 Å². The van der Waals surface area contributed by atoms with E-state index in [1.807, 2.05) is 24.6 Å². The number of fused-ring (bicyclic) bond motifs is 13. The van der Waals surface area contributed by atoms with Crippen LogP contribution in [0.2, 0.25) is 0 Å². The highest BCUT2D eigenvalue weighted by atomic mass is 79.9. The Balaban J connectivity index is 1.18. The second-order valence-electron chi connectivity index (χ2n) is 15.6. The van der Waals surface area contributed by atoms with Gasteiger partial charge in [0, 0.05) is 91.1 Å². The van der Waals surface area contributed by atoms with Gasteiger partial charge in [-0.3, -0.25) is 19.4 Å². The first kappa shape index (κ1) is 36.9. The zero-order valence-corrected chi connectivity index (χ0v) is 35.1. The lowest BCUT2D eigenvalue weighted by Gasteiger charge is -2.33. The topological polar surface area (TPSA) is 88.5 Å². The maximum Gasteiger partial charge on any atom is 0.265 e. The number of rotatable bonds is 11. The third kappa shape index (κ3) is 5.04. The number of nitrogens with zero attached hydrogens (tertiary/aromatic N) is 2. The van der Waals surface area contributed by atoms with Crippen molar-refractivity contribution in [2.24, 2.45) is 0 Å². The van der Waals surface area contributed by atoms with Crippen LogP contribution in [0.25, 0.3) is 45.8 Å². The number of aliphatic hydroxyl groups is 1. The number of benzene rings is 4. The minimum absolute atomic E-state index is 0.00955. The summed E-state index contributed by atoms with van der Waals surface area (Å²) in [5.74, 6) is -0.444. The van der Waals surface area contributed by atoms with E-state index >= 15 is 0 Å². The quantitative estimate of drug-likeness (QED) is 0.162. The predicted molar refractivity (Wildman–Crippen MR) is 227 cm³/mol. The Hall–Kier alpha value is -4.42. The Kier molecular flexibility index (Phi) is 8.79. The molecule has 0 bridgehead atoms. The highest BCUT2D eigenvalue weighted by molar-refractivity contribution is 9.10. The first-order valence-electron chi connectivity index (χ1n) is 19.3. The van der Waals surface area contributed by atoms with Gasteiger partial charge in [0.15, 0.2) is 0 Å². The molecule has 2 aliphatic carbocycles. The van der Waals surface area contributed by atoms with Gasteiger partial charge in [-0.1, -0.05) is 44.0 Å². The van der Waals surface area contributed by atoms with E-state index in [1.165, 1.54) is 11.1 Å². The lowest BCUT2D eigenvalue weighted by molar-refractivity contribution is -0.122. The highest BCUT2D eigenvalue weighted by Gasteiger charge is 2.52. The largest absolute Gasteiger partial charge is 0.396 e. The van der Waals surface area contributed by atoms with Crippen LogP contribution in [0, 0.1) is 0 Å². The standard InChI is InChI=1S/C47H40Br2N2O6/c1-55-17-11-46(10-16-52)36-22-28(48)4-6-30(36)34-20-26-8-14-50-42(32(26)24-38(34)46)40-41(45(50)54)43-33-25-39-35(21-27(33)9-15-51(43)44(40)53)31-7-5-29(49)23-37(31)47(39,12-18-56-2)13-19-57-3/h4-9,14-15,20-25,52H,10-13,16-19H2,1-3H3. The second kappa shape index (κ2) is 13.6. The summed E-state index contributed by atoms with van der Waals surface area (Å²) >= 11 is 7.44.